The highest BCUT2D eigenvalue weighted by atomic mass is 32.2. The van der Waals surface area contributed by atoms with Crippen molar-refractivity contribution in [1.29, 1.82) is 0 Å². The molecule has 34 heavy (non-hydrogen) atoms. The lowest BCUT2D eigenvalue weighted by Crippen LogP contribution is -2.38. The van der Waals surface area contributed by atoms with Crippen molar-refractivity contribution in [3.8, 4) is 5.75 Å². The first kappa shape index (κ1) is 25.0. The van der Waals surface area contributed by atoms with Crippen LogP contribution in [0.1, 0.15) is 68.6 Å². The van der Waals surface area contributed by atoms with E-state index in [-0.39, 0.29) is 23.7 Å². The molecule has 0 bridgehead atoms. The van der Waals surface area contributed by atoms with Crippen molar-refractivity contribution >= 4 is 10.0 Å². The quantitative estimate of drug-likeness (QED) is 0.576. The highest BCUT2D eigenvalue weighted by Gasteiger charge is 2.29. The number of likely N-dealkylation sites (tertiary alicyclic amines) is 1. The summed E-state index contributed by atoms with van der Waals surface area (Å²) in [4.78, 5) is 6.56. The zero-order chi connectivity index (χ0) is 24.5. The second kappa shape index (κ2) is 10.2. The normalized spacial score (nSPS) is 19.7. The first-order valence-electron chi connectivity index (χ1n) is 11.8. The van der Waals surface area contributed by atoms with Gasteiger partial charge in [0.1, 0.15) is 6.10 Å². The third-order valence-corrected chi connectivity index (χ3v) is 7.90. The number of hydrogen-bond acceptors (Lipinski definition) is 7. The van der Waals surface area contributed by atoms with Crippen LogP contribution in [0.3, 0.4) is 0 Å². The molecular weight excluding hydrogens is 466 g/mol. The van der Waals surface area contributed by atoms with Crippen molar-refractivity contribution in [3.63, 3.8) is 0 Å². The Morgan fingerprint density at radius 3 is 2.24 bits per heavy atom. The summed E-state index contributed by atoms with van der Waals surface area (Å²) in [5.74, 6) is -0.394. The fourth-order valence-electron chi connectivity index (χ4n) is 4.56. The van der Waals surface area contributed by atoms with Crippen LogP contribution in [-0.2, 0) is 16.6 Å². The largest absolute Gasteiger partial charge is 0.484 e. The standard InChI is InChI=1S/C23H32F2N4O4S/c1-15(2)23-26-21(33-27-23)14-28-8-6-18(7-9-28)32-22-19(24)12-17(13-20(22)25)16-4-10-29(11-5-16)34(3,30)31/h12-13,15-16,18H,4-11,14H2,1-3H3. The molecule has 2 aliphatic rings. The number of hydrogen-bond donors (Lipinski definition) is 0. The average molecular weight is 499 g/mol. The van der Waals surface area contributed by atoms with Crippen LogP contribution in [-0.4, -0.2) is 66.3 Å². The molecule has 1 aromatic carbocycles. The molecule has 0 amide bonds. The van der Waals surface area contributed by atoms with Crippen molar-refractivity contribution in [1.82, 2.24) is 19.3 Å². The molecule has 0 aliphatic carbocycles. The monoisotopic (exact) mass is 498 g/mol. The second-order valence-electron chi connectivity index (χ2n) is 9.54. The summed E-state index contributed by atoms with van der Waals surface area (Å²) in [6, 6.07) is 2.66. The summed E-state index contributed by atoms with van der Waals surface area (Å²) >= 11 is 0. The van der Waals surface area contributed by atoms with Gasteiger partial charge in [0.25, 0.3) is 0 Å². The summed E-state index contributed by atoms with van der Waals surface area (Å²) in [7, 11) is -3.25. The molecule has 2 aromatic rings. The Morgan fingerprint density at radius 2 is 1.71 bits per heavy atom. The van der Waals surface area contributed by atoms with Gasteiger partial charge in [-0.25, -0.2) is 21.5 Å². The number of sulfonamides is 1. The van der Waals surface area contributed by atoms with Gasteiger partial charge >= 0.3 is 0 Å². The molecule has 3 heterocycles. The molecule has 2 fully saturated rings. The van der Waals surface area contributed by atoms with Crippen molar-refractivity contribution in [2.24, 2.45) is 0 Å². The zero-order valence-electron chi connectivity index (χ0n) is 19.8. The Morgan fingerprint density at radius 1 is 1.09 bits per heavy atom. The molecular formula is C23H32F2N4O4S. The molecule has 8 nitrogen and oxygen atoms in total. The second-order valence-corrected chi connectivity index (χ2v) is 11.5. The maximum Gasteiger partial charge on any atom is 0.240 e. The van der Waals surface area contributed by atoms with E-state index in [1.54, 1.807) is 0 Å². The molecule has 0 spiro atoms. The third-order valence-electron chi connectivity index (χ3n) is 6.59. The lowest BCUT2D eigenvalue weighted by atomic mass is 9.90. The number of halogens is 2. The highest BCUT2D eigenvalue weighted by molar-refractivity contribution is 7.88. The first-order valence-corrected chi connectivity index (χ1v) is 13.6. The average Bonchev–Trinajstić information content (AvgIpc) is 3.26. The van der Waals surface area contributed by atoms with Crippen molar-refractivity contribution in [3.05, 3.63) is 41.0 Å². The first-order chi connectivity index (χ1) is 16.1. The molecule has 0 atom stereocenters. The predicted molar refractivity (Wildman–Crippen MR) is 122 cm³/mol. The van der Waals surface area contributed by atoms with E-state index in [4.69, 9.17) is 9.26 Å². The summed E-state index contributed by atoms with van der Waals surface area (Å²) in [6.07, 6.45) is 3.23. The van der Waals surface area contributed by atoms with Gasteiger partial charge in [0, 0.05) is 32.1 Å². The van der Waals surface area contributed by atoms with Crippen molar-refractivity contribution < 1.29 is 26.5 Å². The predicted octanol–water partition coefficient (Wildman–Crippen LogP) is 3.65. The van der Waals surface area contributed by atoms with E-state index in [2.05, 4.69) is 15.0 Å². The van der Waals surface area contributed by atoms with Crippen LogP contribution in [0, 0.1) is 11.6 Å². The van der Waals surface area contributed by atoms with Crippen LogP contribution >= 0.6 is 0 Å². The van der Waals surface area contributed by atoms with Gasteiger partial charge < -0.3 is 9.26 Å². The van der Waals surface area contributed by atoms with E-state index in [1.807, 2.05) is 13.8 Å². The number of nitrogens with zero attached hydrogens (tertiary/aromatic N) is 4. The maximum absolute atomic E-state index is 14.8. The molecule has 0 radical (unpaired) electrons. The minimum Gasteiger partial charge on any atom is -0.484 e. The van der Waals surface area contributed by atoms with Gasteiger partial charge in [-0.05, 0) is 49.3 Å². The molecule has 4 rings (SSSR count). The van der Waals surface area contributed by atoms with Crippen LogP contribution in [0.2, 0.25) is 0 Å². The van der Waals surface area contributed by atoms with E-state index < -0.39 is 21.7 Å². The molecule has 11 heteroatoms. The summed E-state index contributed by atoms with van der Waals surface area (Å²) in [5, 5.41) is 3.98. The van der Waals surface area contributed by atoms with Crippen LogP contribution in [0.25, 0.3) is 0 Å². The van der Waals surface area contributed by atoms with Gasteiger partial charge in [-0.3, -0.25) is 4.90 Å². The molecule has 2 saturated heterocycles. The maximum atomic E-state index is 14.8. The van der Waals surface area contributed by atoms with E-state index in [1.165, 1.54) is 22.7 Å². The van der Waals surface area contributed by atoms with Crippen LogP contribution in [0.15, 0.2) is 16.7 Å². The van der Waals surface area contributed by atoms with Crippen LogP contribution in [0.4, 0.5) is 8.78 Å². The van der Waals surface area contributed by atoms with Crippen LogP contribution in [0.5, 0.6) is 5.75 Å². The lowest BCUT2D eigenvalue weighted by Gasteiger charge is -2.32. The Hall–Kier alpha value is -2.11. The summed E-state index contributed by atoms with van der Waals surface area (Å²) < 4.78 is 65.4. The SMILES string of the molecule is CC(C)c1noc(CN2CCC(Oc3c(F)cc(C4CCN(S(C)(=O)=O)CC4)cc3F)CC2)n1. The fourth-order valence-corrected chi connectivity index (χ4v) is 5.43. The summed E-state index contributed by atoms with van der Waals surface area (Å²) in [5.41, 5.74) is 0.547. The van der Waals surface area contributed by atoms with Crippen molar-refractivity contribution in [2.75, 3.05) is 32.4 Å². The Labute approximate surface area is 199 Å². The molecule has 2 aliphatic heterocycles. The molecule has 0 N–H and O–H groups in total. The summed E-state index contributed by atoms with van der Waals surface area (Å²) in [6.45, 7) is 6.66. The molecule has 1 aromatic heterocycles. The van der Waals surface area contributed by atoms with E-state index in [9.17, 15) is 17.2 Å². The van der Waals surface area contributed by atoms with Gasteiger partial charge in [-0.1, -0.05) is 19.0 Å². The number of aromatic nitrogens is 2. The Bertz CT molecular complexity index is 1070. The third kappa shape index (κ3) is 5.92. The number of benzene rings is 1. The lowest BCUT2D eigenvalue weighted by molar-refractivity contribution is 0.0842. The van der Waals surface area contributed by atoms with Gasteiger partial charge in [-0.15, -0.1) is 0 Å². The topological polar surface area (TPSA) is 88.8 Å². The van der Waals surface area contributed by atoms with E-state index in [0.29, 0.717) is 75.7 Å². The minimum absolute atomic E-state index is 0.0831. The molecule has 188 valence electrons. The number of piperidine rings is 2. The molecule has 0 saturated carbocycles. The Balaban J connectivity index is 1.31. The minimum atomic E-state index is -3.25. The number of rotatable bonds is 7. The fraction of sp³-hybridized carbons (Fsp3) is 0.652. The van der Waals surface area contributed by atoms with Crippen molar-refractivity contribution in [2.45, 2.75) is 64.0 Å². The van der Waals surface area contributed by atoms with Gasteiger partial charge in [0.15, 0.2) is 23.2 Å². The highest BCUT2D eigenvalue weighted by Crippen LogP contribution is 2.34. The van der Waals surface area contributed by atoms with Gasteiger partial charge in [-0.2, -0.15) is 4.98 Å². The van der Waals surface area contributed by atoms with Gasteiger partial charge in [0.2, 0.25) is 15.9 Å². The smallest absolute Gasteiger partial charge is 0.240 e. The van der Waals surface area contributed by atoms with Gasteiger partial charge in [0.05, 0.1) is 12.8 Å². The zero-order valence-corrected chi connectivity index (χ0v) is 20.7. The van der Waals surface area contributed by atoms with Crippen LogP contribution < -0.4 is 4.74 Å². The molecule has 0 unspecified atom stereocenters. The number of ether oxygens (including phenoxy) is 1. The van der Waals surface area contributed by atoms with E-state index >= 15 is 0 Å². The Kier molecular flexibility index (Phi) is 7.54. The van der Waals surface area contributed by atoms with E-state index in [0.717, 1.165) is 0 Å².